The average Bonchev–Trinajstić information content (AvgIpc) is 2.96. The molecule has 3 aromatic rings. The van der Waals surface area contributed by atoms with Crippen LogP contribution in [0.1, 0.15) is 32.0 Å². The molecule has 0 aliphatic carbocycles. The number of H-pyrrole nitrogens is 1. The molecule has 7 heteroatoms. The Morgan fingerprint density at radius 1 is 1.14 bits per heavy atom. The van der Waals surface area contributed by atoms with Gasteiger partial charge in [0.2, 0.25) is 5.82 Å². The molecule has 22 heavy (non-hydrogen) atoms. The molecule has 3 rings (SSSR count). The van der Waals surface area contributed by atoms with Gasteiger partial charge in [-0.15, -0.1) is 0 Å². The number of aromatic amines is 1. The van der Waals surface area contributed by atoms with Gasteiger partial charge < -0.3 is 4.98 Å². The Kier molecular flexibility index (Phi) is 4.26. The summed E-state index contributed by atoms with van der Waals surface area (Å²) in [7, 11) is 0. The zero-order valence-electron chi connectivity index (χ0n) is 12.0. The Hall–Kier alpha value is -2.52. The summed E-state index contributed by atoms with van der Waals surface area (Å²) in [6.45, 7) is 2.13. The molecule has 0 saturated carbocycles. The van der Waals surface area contributed by atoms with Crippen molar-refractivity contribution < 1.29 is 0 Å². The van der Waals surface area contributed by atoms with Crippen molar-refractivity contribution in [1.82, 2.24) is 29.9 Å². The zero-order valence-corrected chi connectivity index (χ0v) is 12.7. The lowest BCUT2D eigenvalue weighted by molar-refractivity contribution is 0.828. The van der Waals surface area contributed by atoms with E-state index < -0.39 is 0 Å². The summed E-state index contributed by atoms with van der Waals surface area (Å²) >= 11 is 6.18. The maximum Gasteiger partial charge on any atom is 0.201 e. The highest BCUT2D eigenvalue weighted by molar-refractivity contribution is 6.33. The van der Waals surface area contributed by atoms with E-state index in [0.717, 1.165) is 19.3 Å². The first-order chi connectivity index (χ1) is 10.8. The van der Waals surface area contributed by atoms with Crippen molar-refractivity contribution in [3.05, 3.63) is 29.4 Å². The number of unbranched alkanes of at least 4 members (excludes halogenated alkanes) is 2. The fraction of sp³-hybridized carbons (Fsp3) is 0.267. The molecular weight excluding hydrogens is 300 g/mol. The number of hydrogen-bond acceptors (Lipinski definition) is 5. The van der Waals surface area contributed by atoms with Crippen molar-refractivity contribution in [1.29, 1.82) is 0 Å². The van der Waals surface area contributed by atoms with E-state index in [1.54, 1.807) is 18.5 Å². The number of aromatic nitrogens is 6. The van der Waals surface area contributed by atoms with E-state index in [4.69, 9.17) is 11.6 Å². The van der Waals surface area contributed by atoms with Gasteiger partial charge in [-0.05, 0) is 18.4 Å². The Labute approximate surface area is 132 Å². The van der Waals surface area contributed by atoms with Crippen LogP contribution in [0.3, 0.4) is 0 Å². The lowest BCUT2D eigenvalue weighted by Gasteiger charge is -1.98. The predicted molar refractivity (Wildman–Crippen MR) is 84.1 cm³/mol. The van der Waals surface area contributed by atoms with Crippen LogP contribution in [0.15, 0.2) is 18.5 Å². The lowest BCUT2D eigenvalue weighted by Crippen LogP contribution is -1.95. The van der Waals surface area contributed by atoms with Gasteiger partial charge in [0.05, 0.1) is 0 Å². The number of nitrogens with one attached hydrogen (secondary N) is 1. The van der Waals surface area contributed by atoms with Gasteiger partial charge in [0, 0.05) is 18.8 Å². The maximum absolute atomic E-state index is 6.18. The molecule has 0 atom stereocenters. The number of nitrogens with zero attached hydrogens (tertiary/aromatic N) is 5. The summed E-state index contributed by atoms with van der Waals surface area (Å²) in [4.78, 5) is 24.1. The second-order valence-electron chi connectivity index (χ2n) is 4.60. The van der Waals surface area contributed by atoms with Gasteiger partial charge in [-0.1, -0.05) is 30.9 Å². The standard InChI is InChI=1S/C15H13ClN6/c1-2-3-4-5-7-10-19-11-12(16)21-15(22-13(11)20-10)14-17-8-6-9-18-14/h6,8-9H,2-4H2,1H3,(H,19,20,21,22). The molecule has 0 aromatic carbocycles. The monoisotopic (exact) mass is 312 g/mol. The summed E-state index contributed by atoms with van der Waals surface area (Å²) in [5.74, 6) is 7.34. The van der Waals surface area contributed by atoms with Gasteiger partial charge in [0.15, 0.2) is 22.4 Å². The van der Waals surface area contributed by atoms with E-state index in [1.165, 1.54) is 0 Å². The first kappa shape index (κ1) is 14.4. The van der Waals surface area contributed by atoms with Crippen molar-refractivity contribution in [3.63, 3.8) is 0 Å². The largest absolute Gasteiger partial charge is 0.327 e. The SMILES string of the molecule is CCCCC#Cc1nc2nc(-c3ncccn3)nc(Cl)c2[nH]1. The van der Waals surface area contributed by atoms with Crippen molar-refractivity contribution in [2.45, 2.75) is 26.2 Å². The minimum Gasteiger partial charge on any atom is -0.327 e. The Balaban J connectivity index is 1.98. The topological polar surface area (TPSA) is 80.2 Å². The number of fused-ring (bicyclic) bond motifs is 1. The molecule has 0 spiro atoms. The molecule has 1 N–H and O–H groups in total. The normalized spacial score (nSPS) is 10.5. The van der Waals surface area contributed by atoms with Crippen LogP contribution in [0.4, 0.5) is 0 Å². The molecule has 0 unspecified atom stereocenters. The number of rotatable bonds is 3. The van der Waals surface area contributed by atoms with Gasteiger partial charge in [0.25, 0.3) is 0 Å². The highest BCUT2D eigenvalue weighted by atomic mass is 35.5. The summed E-state index contributed by atoms with van der Waals surface area (Å²) in [5, 5.41) is 0.279. The Morgan fingerprint density at radius 2 is 1.95 bits per heavy atom. The summed E-state index contributed by atoms with van der Waals surface area (Å²) in [6.07, 6.45) is 6.28. The minimum absolute atomic E-state index is 0.279. The van der Waals surface area contributed by atoms with Crippen LogP contribution in [-0.2, 0) is 0 Å². The third kappa shape index (κ3) is 3.05. The number of imidazole rings is 1. The summed E-state index contributed by atoms with van der Waals surface area (Å²) < 4.78 is 0. The molecule has 6 nitrogen and oxygen atoms in total. The predicted octanol–water partition coefficient (Wildman–Crippen LogP) is 3.01. The van der Waals surface area contributed by atoms with Gasteiger partial charge in [0.1, 0.15) is 5.52 Å². The second-order valence-corrected chi connectivity index (χ2v) is 4.96. The molecule has 0 bridgehead atoms. The van der Waals surface area contributed by atoms with Gasteiger partial charge in [-0.25, -0.2) is 24.9 Å². The van der Waals surface area contributed by atoms with Crippen LogP contribution in [-0.4, -0.2) is 29.9 Å². The van der Waals surface area contributed by atoms with Crippen molar-refractivity contribution in [2.24, 2.45) is 0 Å². The van der Waals surface area contributed by atoms with E-state index >= 15 is 0 Å². The van der Waals surface area contributed by atoms with E-state index in [9.17, 15) is 0 Å². The molecule has 3 aromatic heterocycles. The van der Waals surface area contributed by atoms with E-state index in [-0.39, 0.29) is 5.15 Å². The quantitative estimate of drug-likeness (QED) is 0.457. The van der Waals surface area contributed by atoms with Crippen LogP contribution in [0.5, 0.6) is 0 Å². The first-order valence-electron chi connectivity index (χ1n) is 6.97. The molecule has 0 saturated heterocycles. The van der Waals surface area contributed by atoms with Gasteiger partial charge in [-0.3, -0.25) is 0 Å². The number of halogens is 1. The first-order valence-corrected chi connectivity index (χ1v) is 7.35. The van der Waals surface area contributed by atoms with Crippen molar-refractivity contribution in [2.75, 3.05) is 0 Å². The average molecular weight is 313 g/mol. The van der Waals surface area contributed by atoms with E-state index in [2.05, 4.69) is 48.7 Å². The van der Waals surface area contributed by atoms with Crippen molar-refractivity contribution in [3.8, 4) is 23.5 Å². The summed E-state index contributed by atoms with van der Waals surface area (Å²) in [5.41, 5.74) is 1.03. The van der Waals surface area contributed by atoms with Crippen LogP contribution in [0.2, 0.25) is 5.15 Å². The molecule has 3 heterocycles. The highest BCUT2D eigenvalue weighted by Crippen LogP contribution is 2.21. The Bertz CT molecular complexity index is 847. The van der Waals surface area contributed by atoms with Gasteiger partial charge >= 0.3 is 0 Å². The lowest BCUT2D eigenvalue weighted by atomic mass is 10.2. The zero-order chi connectivity index (χ0) is 15.4. The maximum atomic E-state index is 6.18. The molecule has 0 aliphatic heterocycles. The highest BCUT2D eigenvalue weighted by Gasteiger charge is 2.13. The van der Waals surface area contributed by atoms with Crippen molar-refractivity contribution >= 4 is 22.8 Å². The third-order valence-electron chi connectivity index (χ3n) is 2.93. The fourth-order valence-corrected chi connectivity index (χ4v) is 2.06. The molecule has 0 fully saturated rings. The molecule has 0 radical (unpaired) electrons. The van der Waals surface area contributed by atoms with Crippen LogP contribution < -0.4 is 0 Å². The summed E-state index contributed by atoms with van der Waals surface area (Å²) in [6, 6.07) is 1.72. The number of hydrogen-bond donors (Lipinski definition) is 1. The molecule has 0 aliphatic rings. The van der Waals surface area contributed by atoms with E-state index in [1.807, 2.05) is 0 Å². The smallest absolute Gasteiger partial charge is 0.201 e. The Morgan fingerprint density at radius 3 is 2.73 bits per heavy atom. The van der Waals surface area contributed by atoms with Gasteiger partial charge in [-0.2, -0.15) is 0 Å². The molecule has 0 amide bonds. The van der Waals surface area contributed by atoms with Crippen LogP contribution in [0, 0.1) is 11.8 Å². The third-order valence-corrected chi connectivity index (χ3v) is 3.21. The molecule has 110 valence electrons. The van der Waals surface area contributed by atoms with Crippen LogP contribution in [0.25, 0.3) is 22.8 Å². The minimum atomic E-state index is 0.279. The fourth-order valence-electron chi connectivity index (χ4n) is 1.85. The van der Waals surface area contributed by atoms with Crippen LogP contribution >= 0.6 is 11.6 Å². The second kappa shape index (κ2) is 6.50. The van der Waals surface area contributed by atoms with E-state index in [0.29, 0.717) is 28.6 Å². The molecular formula is C15H13ClN6.